The zero-order chi connectivity index (χ0) is 13.7. The highest BCUT2D eigenvalue weighted by atomic mass is 32.2. The van der Waals surface area contributed by atoms with Crippen molar-refractivity contribution in [1.82, 2.24) is 9.47 Å². The molecule has 1 fully saturated rings. The van der Waals surface area contributed by atoms with Crippen LogP contribution < -0.4 is 5.56 Å². The molecule has 0 bridgehead atoms. The summed E-state index contributed by atoms with van der Waals surface area (Å²) in [6.07, 6.45) is 1.95. The molecule has 1 atom stereocenters. The normalized spacial score (nSPS) is 20.3. The molecule has 1 saturated heterocycles. The molecule has 1 aromatic heterocycles. The van der Waals surface area contributed by atoms with Crippen molar-refractivity contribution in [2.75, 3.05) is 24.6 Å². The van der Waals surface area contributed by atoms with Gasteiger partial charge in [0.15, 0.2) is 0 Å². The van der Waals surface area contributed by atoms with Crippen molar-refractivity contribution in [2.24, 2.45) is 0 Å². The molecule has 1 aliphatic rings. The van der Waals surface area contributed by atoms with E-state index in [-0.39, 0.29) is 18.0 Å². The van der Waals surface area contributed by atoms with Gasteiger partial charge in [0.2, 0.25) is 0 Å². The first-order chi connectivity index (χ1) is 9.16. The summed E-state index contributed by atoms with van der Waals surface area (Å²) in [7, 11) is 0. The van der Waals surface area contributed by atoms with E-state index in [2.05, 4.69) is 4.90 Å². The smallest absolute Gasteiger partial charge is 0.304 e. The SMILES string of the molecule is O=C(O)CC1CSCCN1CCn1ccccc1=O. The lowest BCUT2D eigenvalue weighted by Crippen LogP contribution is -2.45. The summed E-state index contributed by atoms with van der Waals surface area (Å²) in [6, 6.07) is 5.18. The molecule has 0 aliphatic carbocycles. The number of carboxylic acid groups (broad SMARTS) is 1. The van der Waals surface area contributed by atoms with Gasteiger partial charge in [-0.25, -0.2) is 0 Å². The number of aromatic nitrogens is 1. The number of thioether (sulfide) groups is 1. The molecular formula is C13H18N2O3S. The molecule has 1 aromatic rings. The average Bonchev–Trinajstić information content (AvgIpc) is 2.39. The van der Waals surface area contributed by atoms with Gasteiger partial charge in [-0.15, -0.1) is 0 Å². The Bertz CT molecular complexity index is 489. The van der Waals surface area contributed by atoms with Crippen molar-refractivity contribution in [2.45, 2.75) is 19.0 Å². The van der Waals surface area contributed by atoms with Crippen LogP contribution in [0.3, 0.4) is 0 Å². The Labute approximate surface area is 116 Å². The van der Waals surface area contributed by atoms with Crippen LogP contribution in [0.5, 0.6) is 0 Å². The molecule has 6 heteroatoms. The number of hydrogen-bond acceptors (Lipinski definition) is 4. The van der Waals surface area contributed by atoms with Crippen molar-refractivity contribution in [1.29, 1.82) is 0 Å². The van der Waals surface area contributed by atoms with Crippen LogP contribution in [0, 0.1) is 0 Å². The highest BCUT2D eigenvalue weighted by molar-refractivity contribution is 7.99. The van der Waals surface area contributed by atoms with Gasteiger partial charge >= 0.3 is 5.97 Å². The number of nitrogens with zero attached hydrogens (tertiary/aromatic N) is 2. The molecule has 1 unspecified atom stereocenters. The molecule has 0 radical (unpaired) electrons. The highest BCUT2D eigenvalue weighted by Gasteiger charge is 2.24. The summed E-state index contributed by atoms with van der Waals surface area (Å²) < 4.78 is 1.67. The second-order valence-corrected chi connectivity index (χ2v) is 5.74. The van der Waals surface area contributed by atoms with Gasteiger partial charge in [0.25, 0.3) is 5.56 Å². The molecule has 5 nitrogen and oxygen atoms in total. The van der Waals surface area contributed by atoms with Crippen molar-refractivity contribution in [3.05, 3.63) is 34.7 Å². The minimum absolute atomic E-state index is 0.0105. The maximum Gasteiger partial charge on any atom is 0.304 e. The molecule has 2 heterocycles. The minimum Gasteiger partial charge on any atom is -0.481 e. The quantitative estimate of drug-likeness (QED) is 0.863. The highest BCUT2D eigenvalue weighted by Crippen LogP contribution is 2.18. The lowest BCUT2D eigenvalue weighted by molar-refractivity contribution is -0.138. The average molecular weight is 282 g/mol. The van der Waals surface area contributed by atoms with Crippen molar-refractivity contribution < 1.29 is 9.90 Å². The number of carboxylic acids is 1. The summed E-state index contributed by atoms with van der Waals surface area (Å²) in [6.45, 7) is 2.23. The number of carbonyl (C=O) groups is 1. The molecule has 2 rings (SSSR count). The molecule has 104 valence electrons. The third-order valence-electron chi connectivity index (χ3n) is 3.29. The van der Waals surface area contributed by atoms with Crippen LogP contribution in [0.4, 0.5) is 0 Å². The fraction of sp³-hybridized carbons (Fsp3) is 0.538. The summed E-state index contributed by atoms with van der Waals surface area (Å²) in [4.78, 5) is 24.6. The van der Waals surface area contributed by atoms with Gasteiger partial charge in [0.05, 0.1) is 6.42 Å². The zero-order valence-electron chi connectivity index (χ0n) is 10.7. The summed E-state index contributed by atoms with van der Waals surface area (Å²) >= 11 is 1.80. The van der Waals surface area contributed by atoms with Crippen molar-refractivity contribution in [3.63, 3.8) is 0 Å². The fourth-order valence-electron chi connectivity index (χ4n) is 2.25. The number of rotatable bonds is 5. The Morgan fingerprint density at radius 2 is 2.26 bits per heavy atom. The van der Waals surface area contributed by atoms with Gasteiger partial charge in [-0.2, -0.15) is 11.8 Å². The van der Waals surface area contributed by atoms with Crippen LogP contribution in [-0.4, -0.2) is 51.2 Å². The van der Waals surface area contributed by atoms with Gasteiger partial charge in [0, 0.05) is 49.4 Å². The maximum atomic E-state index is 11.6. The molecule has 0 aromatic carbocycles. The molecule has 1 aliphatic heterocycles. The van der Waals surface area contributed by atoms with Crippen molar-refractivity contribution >= 4 is 17.7 Å². The molecule has 0 spiro atoms. The van der Waals surface area contributed by atoms with E-state index >= 15 is 0 Å². The Morgan fingerprint density at radius 1 is 1.42 bits per heavy atom. The molecule has 0 amide bonds. The summed E-state index contributed by atoms with van der Waals surface area (Å²) in [5.41, 5.74) is -0.0105. The van der Waals surface area contributed by atoms with Gasteiger partial charge in [-0.05, 0) is 6.07 Å². The second kappa shape index (κ2) is 6.77. The standard InChI is InChI=1S/C13H18N2O3S/c16-12-3-1-2-4-15(12)6-5-14-7-8-19-10-11(14)9-13(17)18/h1-4,11H,5-10H2,(H,17,18). The Morgan fingerprint density at radius 3 is 3.00 bits per heavy atom. The zero-order valence-corrected chi connectivity index (χ0v) is 11.5. The third-order valence-corrected chi connectivity index (χ3v) is 4.38. The summed E-state index contributed by atoms with van der Waals surface area (Å²) in [5, 5.41) is 8.92. The van der Waals surface area contributed by atoms with E-state index in [0.717, 1.165) is 24.6 Å². The first kappa shape index (κ1) is 14.1. The lowest BCUT2D eigenvalue weighted by atomic mass is 10.2. The molecule has 0 saturated carbocycles. The van der Waals surface area contributed by atoms with Gasteiger partial charge in [-0.3, -0.25) is 14.5 Å². The van der Waals surface area contributed by atoms with E-state index in [1.807, 2.05) is 6.07 Å². The maximum absolute atomic E-state index is 11.6. The van der Waals surface area contributed by atoms with E-state index in [0.29, 0.717) is 6.54 Å². The van der Waals surface area contributed by atoms with Crippen molar-refractivity contribution in [3.8, 4) is 0 Å². The molecule has 1 N–H and O–H groups in total. The molecule has 19 heavy (non-hydrogen) atoms. The van der Waals surface area contributed by atoms with E-state index in [1.54, 1.807) is 34.7 Å². The van der Waals surface area contributed by atoms with Crippen LogP contribution in [0.15, 0.2) is 29.2 Å². The van der Waals surface area contributed by atoms with E-state index in [9.17, 15) is 9.59 Å². The van der Waals surface area contributed by atoms with E-state index in [4.69, 9.17) is 5.11 Å². The number of hydrogen-bond donors (Lipinski definition) is 1. The fourth-order valence-corrected chi connectivity index (χ4v) is 3.39. The van der Waals surface area contributed by atoms with Gasteiger partial charge in [-0.1, -0.05) is 6.07 Å². The largest absolute Gasteiger partial charge is 0.481 e. The molecular weight excluding hydrogens is 264 g/mol. The Balaban J connectivity index is 1.94. The van der Waals surface area contributed by atoms with Gasteiger partial charge < -0.3 is 9.67 Å². The first-order valence-electron chi connectivity index (χ1n) is 6.36. The summed E-state index contributed by atoms with van der Waals surface area (Å²) in [5.74, 6) is 1.13. The van der Waals surface area contributed by atoms with Crippen LogP contribution in [0.1, 0.15) is 6.42 Å². The second-order valence-electron chi connectivity index (χ2n) is 4.59. The number of aliphatic carboxylic acids is 1. The van der Waals surface area contributed by atoms with E-state index in [1.165, 1.54) is 0 Å². The lowest BCUT2D eigenvalue weighted by Gasteiger charge is -2.34. The van der Waals surface area contributed by atoms with Crippen LogP contribution >= 0.6 is 11.8 Å². The third kappa shape index (κ3) is 4.11. The Hall–Kier alpha value is -1.27. The first-order valence-corrected chi connectivity index (χ1v) is 7.51. The predicted octanol–water partition coefficient (Wildman–Crippen LogP) is 0.740. The predicted molar refractivity (Wildman–Crippen MR) is 75.6 cm³/mol. The monoisotopic (exact) mass is 282 g/mol. The number of pyridine rings is 1. The van der Waals surface area contributed by atoms with Crippen LogP contribution in [0.2, 0.25) is 0 Å². The van der Waals surface area contributed by atoms with Crippen LogP contribution in [0.25, 0.3) is 0 Å². The minimum atomic E-state index is -0.755. The van der Waals surface area contributed by atoms with E-state index < -0.39 is 5.97 Å². The van der Waals surface area contributed by atoms with Gasteiger partial charge in [0.1, 0.15) is 0 Å². The van der Waals surface area contributed by atoms with Crippen LogP contribution in [-0.2, 0) is 11.3 Å². The topological polar surface area (TPSA) is 62.5 Å². The Kier molecular flexibility index (Phi) is 5.04.